The number of carbonyl (C=O) groups is 1. The molecule has 23 heavy (non-hydrogen) atoms. The van der Waals surface area contributed by atoms with Crippen LogP contribution in [-0.4, -0.2) is 38.4 Å². The van der Waals surface area contributed by atoms with Crippen molar-refractivity contribution in [3.63, 3.8) is 0 Å². The van der Waals surface area contributed by atoms with Crippen molar-refractivity contribution in [3.05, 3.63) is 42.5 Å². The van der Waals surface area contributed by atoms with E-state index < -0.39 is 10.0 Å². The molecule has 1 heterocycles. The van der Waals surface area contributed by atoms with Gasteiger partial charge in [-0.25, -0.2) is 13.1 Å². The van der Waals surface area contributed by atoms with Gasteiger partial charge >= 0.3 is 0 Å². The zero-order valence-corrected chi connectivity index (χ0v) is 14.5. The highest BCUT2D eigenvalue weighted by Crippen LogP contribution is 2.25. The van der Waals surface area contributed by atoms with Gasteiger partial charge in [-0.3, -0.25) is 4.79 Å². The normalized spacial score (nSPS) is 18.4. The van der Waals surface area contributed by atoms with Gasteiger partial charge in [0.1, 0.15) is 0 Å². The lowest BCUT2D eigenvalue weighted by molar-refractivity contribution is 0.0701. The number of amides is 1. The standard InChI is InChI=1S/C17H24N2O3S/c1-4-11-18-23(21,22)15-9-7-14(8-10-15)17(20)19-12-5-6-16(19)13(2)3/h4,7-10,13,16,18H,1,5-6,11-12H2,2-3H3. The largest absolute Gasteiger partial charge is 0.335 e. The fourth-order valence-electron chi connectivity index (χ4n) is 2.93. The number of carbonyl (C=O) groups excluding carboxylic acids is 1. The summed E-state index contributed by atoms with van der Waals surface area (Å²) in [6.45, 7) is 8.67. The second-order valence-corrected chi connectivity index (χ2v) is 7.88. The molecule has 1 saturated heterocycles. The molecule has 2 rings (SSSR count). The van der Waals surface area contributed by atoms with Crippen molar-refractivity contribution in [2.45, 2.75) is 37.6 Å². The summed E-state index contributed by atoms with van der Waals surface area (Å²) in [4.78, 5) is 14.7. The van der Waals surface area contributed by atoms with Gasteiger partial charge < -0.3 is 4.90 Å². The molecule has 1 aromatic rings. The van der Waals surface area contributed by atoms with E-state index in [-0.39, 0.29) is 23.4 Å². The Labute approximate surface area is 138 Å². The molecule has 1 fully saturated rings. The Morgan fingerprint density at radius 2 is 2.04 bits per heavy atom. The number of hydrogen-bond donors (Lipinski definition) is 1. The summed E-state index contributed by atoms with van der Waals surface area (Å²) >= 11 is 0. The maximum absolute atomic E-state index is 12.6. The van der Waals surface area contributed by atoms with Gasteiger partial charge in [-0.2, -0.15) is 0 Å². The molecule has 1 amide bonds. The van der Waals surface area contributed by atoms with E-state index >= 15 is 0 Å². The van der Waals surface area contributed by atoms with Crippen LogP contribution in [0.2, 0.25) is 0 Å². The van der Waals surface area contributed by atoms with Crippen molar-refractivity contribution in [2.75, 3.05) is 13.1 Å². The van der Waals surface area contributed by atoms with Crippen molar-refractivity contribution in [2.24, 2.45) is 5.92 Å². The number of likely N-dealkylation sites (tertiary alicyclic amines) is 1. The van der Waals surface area contributed by atoms with E-state index in [0.717, 1.165) is 19.4 Å². The molecule has 0 aliphatic carbocycles. The van der Waals surface area contributed by atoms with Crippen LogP contribution < -0.4 is 4.72 Å². The van der Waals surface area contributed by atoms with Gasteiger partial charge in [0.05, 0.1) is 4.90 Å². The predicted octanol–water partition coefficient (Wildman–Crippen LogP) is 2.41. The molecule has 1 atom stereocenters. The Bertz CT molecular complexity index is 666. The van der Waals surface area contributed by atoms with Crippen molar-refractivity contribution in [3.8, 4) is 0 Å². The van der Waals surface area contributed by atoms with Gasteiger partial charge in [-0.05, 0) is 43.0 Å². The Morgan fingerprint density at radius 1 is 1.39 bits per heavy atom. The minimum Gasteiger partial charge on any atom is -0.335 e. The fraction of sp³-hybridized carbons (Fsp3) is 0.471. The smallest absolute Gasteiger partial charge is 0.254 e. The Morgan fingerprint density at radius 3 is 2.61 bits per heavy atom. The third-order valence-electron chi connectivity index (χ3n) is 4.16. The van der Waals surface area contributed by atoms with Gasteiger partial charge in [0.15, 0.2) is 0 Å². The highest BCUT2D eigenvalue weighted by Gasteiger charge is 2.31. The summed E-state index contributed by atoms with van der Waals surface area (Å²) in [6.07, 6.45) is 3.53. The van der Waals surface area contributed by atoms with E-state index in [2.05, 4.69) is 25.1 Å². The first kappa shape index (κ1) is 17.7. The molecular weight excluding hydrogens is 312 g/mol. The average molecular weight is 336 g/mol. The van der Waals surface area contributed by atoms with Crippen LogP contribution >= 0.6 is 0 Å². The summed E-state index contributed by atoms with van der Waals surface area (Å²) < 4.78 is 26.4. The number of rotatable bonds is 6. The average Bonchev–Trinajstić information content (AvgIpc) is 3.02. The number of nitrogens with one attached hydrogen (secondary N) is 1. The van der Waals surface area contributed by atoms with Gasteiger partial charge in [-0.1, -0.05) is 19.9 Å². The van der Waals surface area contributed by atoms with Gasteiger partial charge in [0.2, 0.25) is 10.0 Å². The van der Waals surface area contributed by atoms with Gasteiger partial charge in [0.25, 0.3) is 5.91 Å². The SMILES string of the molecule is C=CCNS(=O)(=O)c1ccc(C(=O)N2CCCC2C(C)C)cc1. The lowest BCUT2D eigenvalue weighted by atomic mass is 10.0. The molecule has 0 saturated carbocycles. The van der Waals surface area contributed by atoms with Crippen LogP contribution in [0.1, 0.15) is 37.0 Å². The summed E-state index contributed by atoms with van der Waals surface area (Å²) in [5.74, 6) is 0.397. The summed E-state index contributed by atoms with van der Waals surface area (Å²) in [6, 6.07) is 6.37. The van der Waals surface area contributed by atoms with Crippen molar-refractivity contribution in [1.82, 2.24) is 9.62 Å². The molecular formula is C17H24N2O3S. The molecule has 1 aliphatic rings. The first-order chi connectivity index (χ1) is 10.9. The lowest BCUT2D eigenvalue weighted by Gasteiger charge is -2.27. The zero-order chi connectivity index (χ0) is 17.0. The predicted molar refractivity (Wildman–Crippen MR) is 90.7 cm³/mol. The summed E-state index contributed by atoms with van der Waals surface area (Å²) in [5, 5.41) is 0. The van der Waals surface area contributed by atoms with E-state index in [1.165, 1.54) is 18.2 Å². The lowest BCUT2D eigenvalue weighted by Crippen LogP contribution is -2.38. The number of sulfonamides is 1. The Kier molecular flexibility index (Phi) is 5.59. The molecule has 1 N–H and O–H groups in total. The molecule has 0 aromatic heterocycles. The van der Waals surface area contributed by atoms with E-state index in [9.17, 15) is 13.2 Å². The zero-order valence-electron chi connectivity index (χ0n) is 13.7. The quantitative estimate of drug-likeness (QED) is 0.811. The third-order valence-corrected chi connectivity index (χ3v) is 5.60. The van der Waals surface area contributed by atoms with Gasteiger partial charge in [0, 0.05) is 24.7 Å². The van der Waals surface area contributed by atoms with Gasteiger partial charge in [-0.15, -0.1) is 6.58 Å². The third kappa shape index (κ3) is 4.00. The second kappa shape index (κ2) is 7.27. The van der Waals surface area contributed by atoms with Crippen molar-refractivity contribution < 1.29 is 13.2 Å². The molecule has 1 aromatic carbocycles. The van der Waals surface area contributed by atoms with E-state index in [1.54, 1.807) is 12.1 Å². The molecule has 6 heteroatoms. The minimum atomic E-state index is -3.55. The van der Waals surface area contributed by atoms with Crippen LogP contribution in [0, 0.1) is 5.92 Å². The maximum atomic E-state index is 12.6. The van der Waals surface area contributed by atoms with E-state index in [0.29, 0.717) is 11.5 Å². The summed E-state index contributed by atoms with van der Waals surface area (Å²) in [5.41, 5.74) is 0.528. The maximum Gasteiger partial charge on any atom is 0.254 e. The number of hydrogen-bond acceptors (Lipinski definition) is 3. The van der Waals surface area contributed by atoms with Crippen LogP contribution in [0.3, 0.4) is 0 Å². The molecule has 1 unspecified atom stereocenters. The highest BCUT2D eigenvalue weighted by molar-refractivity contribution is 7.89. The molecule has 0 bridgehead atoms. The van der Waals surface area contributed by atoms with Crippen LogP contribution in [0.5, 0.6) is 0 Å². The Balaban J connectivity index is 2.16. The number of benzene rings is 1. The Hall–Kier alpha value is -1.66. The first-order valence-electron chi connectivity index (χ1n) is 7.88. The minimum absolute atomic E-state index is 0.0239. The molecule has 0 spiro atoms. The monoisotopic (exact) mass is 336 g/mol. The summed E-state index contributed by atoms with van der Waals surface area (Å²) in [7, 11) is -3.55. The van der Waals surface area contributed by atoms with Crippen molar-refractivity contribution >= 4 is 15.9 Å². The highest BCUT2D eigenvalue weighted by atomic mass is 32.2. The first-order valence-corrected chi connectivity index (χ1v) is 9.36. The second-order valence-electron chi connectivity index (χ2n) is 6.12. The fourth-order valence-corrected chi connectivity index (χ4v) is 3.93. The molecule has 1 aliphatic heterocycles. The van der Waals surface area contributed by atoms with E-state index in [1.807, 2.05) is 4.90 Å². The van der Waals surface area contributed by atoms with Crippen LogP contribution in [0.25, 0.3) is 0 Å². The van der Waals surface area contributed by atoms with Crippen LogP contribution in [0.4, 0.5) is 0 Å². The molecule has 126 valence electrons. The van der Waals surface area contributed by atoms with Crippen LogP contribution in [-0.2, 0) is 10.0 Å². The number of nitrogens with zero attached hydrogens (tertiary/aromatic N) is 1. The molecule has 5 nitrogen and oxygen atoms in total. The van der Waals surface area contributed by atoms with Crippen LogP contribution in [0.15, 0.2) is 41.8 Å². The van der Waals surface area contributed by atoms with Crippen molar-refractivity contribution in [1.29, 1.82) is 0 Å². The van der Waals surface area contributed by atoms with E-state index in [4.69, 9.17) is 0 Å². The molecule has 0 radical (unpaired) electrons. The topological polar surface area (TPSA) is 66.5 Å².